The van der Waals surface area contributed by atoms with Gasteiger partial charge in [-0.1, -0.05) is 11.6 Å². The van der Waals surface area contributed by atoms with Crippen LogP contribution in [0.3, 0.4) is 0 Å². The highest BCUT2D eigenvalue weighted by atomic mass is 35.5. The topological polar surface area (TPSA) is 64.9 Å². The number of fused-ring (bicyclic) bond motifs is 1. The smallest absolute Gasteiger partial charge is 0.251 e. The van der Waals surface area contributed by atoms with E-state index in [9.17, 15) is 4.79 Å². The first-order chi connectivity index (χ1) is 11.6. The number of carbonyl (C=O) groups excluding carboxylic acids is 1. The first kappa shape index (κ1) is 16.1. The summed E-state index contributed by atoms with van der Waals surface area (Å²) in [7, 11) is 3.08. The van der Waals surface area contributed by atoms with Crippen molar-refractivity contribution < 1.29 is 14.3 Å². The van der Waals surface area contributed by atoms with E-state index in [-0.39, 0.29) is 5.91 Å². The van der Waals surface area contributed by atoms with Crippen LogP contribution in [0, 0.1) is 0 Å². The minimum atomic E-state index is -0.217. The second kappa shape index (κ2) is 6.80. The highest BCUT2D eigenvalue weighted by Crippen LogP contribution is 2.27. The largest absolute Gasteiger partial charge is 0.493 e. The Bertz CT molecular complexity index is 892. The van der Waals surface area contributed by atoms with Crippen molar-refractivity contribution in [2.45, 2.75) is 6.54 Å². The van der Waals surface area contributed by atoms with Crippen LogP contribution < -0.4 is 14.8 Å². The molecule has 0 unspecified atom stereocenters. The Balaban J connectivity index is 1.72. The van der Waals surface area contributed by atoms with Crippen LogP contribution in [-0.2, 0) is 6.54 Å². The summed E-state index contributed by atoms with van der Waals surface area (Å²) < 4.78 is 12.2. The maximum Gasteiger partial charge on any atom is 0.251 e. The number of nitrogens with one attached hydrogen (secondary N) is 1. The molecule has 1 N–H and O–H groups in total. The quantitative estimate of drug-likeness (QED) is 0.772. The molecule has 3 rings (SSSR count). The number of carbonyl (C=O) groups is 1. The van der Waals surface area contributed by atoms with Gasteiger partial charge >= 0.3 is 0 Å². The number of pyridine rings is 1. The van der Waals surface area contributed by atoms with Crippen LogP contribution in [0.1, 0.15) is 16.1 Å². The molecule has 0 fully saturated rings. The summed E-state index contributed by atoms with van der Waals surface area (Å²) in [5.41, 5.74) is 2.00. The maximum atomic E-state index is 12.3. The molecule has 0 atom stereocenters. The number of rotatable bonds is 5. The predicted octanol–water partition coefficient (Wildman–Crippen LogP) is 2.93. The van der Waals surface area contributed by atoms with Gasteiger partial charge in [0.25, 0.3) is 5.91 Å². The molecule has 0 aliphatic carbocycles. The van der Waals surface area contributed by atoms with Crippen LogP contribution >= 0.6 is 11.6 Å². The molecule has 0 saturated heterocycles. The molecule has 24 heavy (non-hydrogen) atoms. The Labute approximate surface area is 144 Å². The Morgan fingerprint density at radius 2 is 1.96 bits per heavy atom. The summed E-state index contributed by atoms with van der Waals surface area (Å²) in [6.07, 6.45) is 3.60. The molecular weight excluding hydrogens is 330 g/mol. The third-order valence-electron chi connectivity index (χ3n) is 3.54. The molecule has 0 bridgehead atoms. The fraction of sp³-hybridized carbons (Fsp3) is 0.176. The van der Waals surface area contributed by atoms with Gasteiger partial charge in [0.1, 0.15) is 5.65 Å². The molecule has 2 aromatic heterocycles. The monoisotopic (exact) mass is 345 g/mol. The highest BCUT2D eigenvalue weighted by Gasteiger charge is 2.11. The van der Waals surface area contributed by atoms with Crippen molar-refractivity contribution in [1.82, 2.24) is 14.7 Å². The summed E-state index contributed by atoms with van der Waals surface area (Å²) in [6, 6.07) is 8.61. The Morgan fingerprint density at radius 1 is 1.17 bits per heavy atom. The van der Waals surface area contributed by atoms with Gasteiger partial charge in [0.15, 0.2) is 11.5 Å². The van der Waals surface area contributed by atoms with Gasteiger partial charge in [-0.2, -0.15) is 0 Å². The fourth-order valence-corrected chi connectivity index (χ4v) is 2.52. The molecule has 2 heterocycles. The third kappa shape index (κ3) is 3.28. The van der Waals surface area contributed by atoms with E-state index in [0.717, 1.165) is 11.3 Å². The summed E-state index contributed by atoms with van der Waals surface area (Å²) in [5, 5.41) is 3.46. The molecule has 1 aromatic carbocycles. The normalized spacial score (nSPS) is 10.6. The second-order valence-electron chi connectivity index (χ2n) is 5.10. The van der Waals surface area contributed by atoms with Crippen molar-refractivity contribution in [3.63, 3.8) is 0 Å². The van der Waals surface area contributed by atoms with E-state index >= 15 is 0 Å². The Hall–Kier alpha value is -2.73. The molecule has 124 valence electrons. The number of aromatic nitrogens is 2. The van der Waals surface area contributed by atoms with Crippen molar-refractivity contribution in [3.05, 3.63) is 59.0 Å². The lowest BCUT2D eigenvalue weighted by Crippen LogP contribution is -2.23. The van der Waals surface area contributed by atoms with Crippen molar-refractivity contribution in [2.75, 3.05) is 14.2 Å². The average Bonchev–Trinajstić information content (AvgIpc) is 3.00. The predicted molar refractivity (Wildman–Crippen MR) is 90.9 cm³/mol. The van der Waals surface area contributed by atoms with E-state index in [1.807, 2.05) is 16.7 Å². The van der Waals surface area contributed by atoms with Gasteiger partial charge in [-0.15, -0.1) is 0 Å². The number of imidazole rings is 1. The van der Waals surface area contributed by atoms with E-state index in [1.165, 1.54) is 7.11 Å². The average molecular weight is 346 g/mol. The molecular formula is C17H16ClN3O3. The van der Waals surface area contributed by atoms with Gasteiger partial charge in [-0.25, -0.2) is 4.98 Å². The molecule has 7 heteroatoms. The summed E-state index contributed by atoms with van der Waals surface area (Å²) in [4.78, 5) is 16.7. The SMILES string of the molecule is COc1ccc(C(=O)NCc2cn3cc(Cl)ccc3n2)cc1OC. The zero-order valence-electron chi connectivity index (χ0n) is 13.2. The van der Waals surface area contributed by atoms with Crippen molar-refractivity contribution in [3.8, 4) is 11.5 Å². The lowest BCUT2D eigenvalue weighted by atomic mass is 10.2. The van der Waals surface area contributed by atoms with Crippen LogP contribution in [-0.4, -0.2) is 29.5 Å². The maximum absolute atomic E-state index is 12.3. The van der Waals surface area contributed by atoms with Gasteiger partial charge in [0.05, 0.1) is 31.5 Å². The van der Waals surface area contributed by atoms with Crippen molar-refractivity contribution >= 4 is 23.2 Å². The van der Waals surface area contributed by atoms with E-state index in [4.69, 9.17) is 21.1 Å². The van der Waals surface area contributed by atoms with Crippen LogP contribution in [0.4, 0.5) is 0 Å². The van der Waals surface area contributed by atoms with Gasteiger partial charge in [-0.05, 0) is 30.3 Å². The molecule has 0 radical (unpaired) electrons. The van der Waals surface area contributed by atoms with Crippen molar-refractivity contribution in [2.24, 2.45) is 0 Å². The summed E-state index contributed by atoms with van der Waals surface area (Å²) in [6.45, 7) is 0.312. The van der Waals surface area contributed by atoms with E-state index in [2.05, 4.69) is 10.3 Å². The van der Waals surface area contributed by atoms with Crippen LogP contribution in [0.25, 0.3) is 5.65 Å². The van der Waals surface area contributed by atoms with Gasteiger partial charge in [0, 0.05) is 18.0 Å². The third-order valence-corrected chi connectivity index (χ3v) is 3.76. The number of hydrogen-bond donors (Lipinski definition) is 1. The molecule has 6 nitrogen and oxygen atoms in total. The minimum Gasteiger partial charge on any atom is -0.493 e. The number of methoxy groups -OCH3 is 2. The molecule has 1 amide bonds. The minimum absolute atomic E-state index is 0.217. The standard InChI is InChI=1S/C17H16ClN3O3/c1-23-14-5-3-11(7-15(14)24-2)17(22)19-8-13-10-21-9-12(18)4-6-16(21)20-13/h3-7,9-10H,8H2,1-2H3,(H,19,22). The number of nitrogens with zero attached hydrogens (tertiary/aromatic N) is 2. The fourth-order valence-electron chi connectivity index (χ4n) is 2.35. The number of halogens is 1. The summed E-state index contributed by atoms with van der Waals surface area (Å²) in [5.74, 6) is 0.866. The van der Waals surface area contributed by atoms with Gasteiger partial charge < -0.3 is 19.2 Å². The lowest BCUT2D eigenvalue weighted by Gasteiger charge is -2.09. The number of amides is 1. The first-order valence-electron chi connectivity index (χ1n) is 7.24. The van der Waals surface area contributed by atoms with Gasteiger partial charge in [-0.3, -0.25) is 4.79 Å². The highest BCUT2D eigenvalue weighted by molar-refractivity contribution is 6.30. The molecule has 3 aromatic rings. The molecule has 0 saturated carbocycles. The van der Waals surface area contributed by atoms with Crippen LogP contribution in [0.5, 0.6) is 11.5 Å². The molecule has 0 aliphatic rings. The number of ether oxygens (including phenoxy) is 2. The Morgan fingerprint density at radius 3 is 2.71 bits per heavy atom. The molecule has 0 spiro atoms. The van der Waals surface area contributed by atoms with E-state index in [1.54, 1.807) is 37.6 Å². The van der Waals surface area contributed by atoms with Crippen LogP contribution in [0.2, 0.25) is 5.02 Å². The van der Waals surface area contributed by atoms with Gasteiger partial charge in [0.2, 0.25) is 0 Å². The van der Waals surface area contributed by atoms with E-state index in [0.29, 0.717) is 28.6 Å². The van der Waals surface area contributed by atoms with E-state index < -0.39 is 0 Å². The first-order valence-corrected chi connectivity index (χ1v) is 7.62. The number of hydrogen-bond acceptors (Lipinski definition) is 4. The zero-order valence-corrected chi connectivity index (χ0v) is 14.0. The van der Waals surface area contributed by atoms with Crippen LogP contribution in [0.15, 0.2) is 42.7 Å². The second-order valence-corrected chi connectivity index (χ2v) is 5.53. The number of benzene rings is 1. The lowest BCUT2D eigenvalue weighted by molar-refractivity contribution is 0.0950. The van der Waals surface area contributed by atoms with Crippen molar-refractivity contribution in [1.29, 1.82) is 0 Å². The Kier molecular flexibility index (Phi) is 4.57. The zero-order chi connectivity index (χ0) is 17.1. The summed E-state index contributed by atoms with van der Waals surface area (Å²) >= 11 is 5.95. The molecule has 0 aliphatic heterocycles.